The van der Waals surface area contributed by atoms with E-state index in [2.05, 4.69) is 10.3 Å². The number of aromatic nitrogens is 1. The summed E-state index contributed by atoms with van der Waals surface area (Å²) in [5.74, 6) is 0.818. The SMILES string of the molecule is COc1ccc(C(=O)CNc2nc3c(s2)CCCC3)cc1. The van der Waals surface area contributed by atoms with Gasteiger partial charge in [0.1, 0.15) is 5.75 Å². The van der Waals surface area contributed by atoms with Gasteiger partial charge in [-0.1, -0.05) is 0 Å². The van der Waals surface area contributed by atoms with E-state index in [0.717, 1.165) is 23.7 Å². The largest absolute Gasteiger partial charge is 0.497 e. The Hall–Kier alpha value is -1.88. The number of hydrogen-bond donors (Lipinski definition) is 1. The van der Waals surface area contributed by atoms with Crippen LogP contribution in [0, 0.1) is 0 Å². The number of carbonyl (C=O) groups excluding carboxylic acids is 1. The van der Waals surface area contributed by atoms with Gasteiger partial charge in [0, 0.05) is 10.4 Å². The van der Waals surface area contributed by atoms with Crippen molar-refractivity contribution < 1.29 is 9.53 Å². The van der Waals surface area contributed by atoms with E-state index in [1.807, 2.05) is 0 Å². The summed E-state index contributed by atoms with van der Waals surface area (Å²) >= 11 is 1.68. The second-order valence-corrected chi connectivity index (χ2v) is 6.18. The molecule has 0 unspecified atom stereocenters. The Morgan fingerprint density at radius 1 is 1.29 bits per heavy atom. The van der Waals surface area contributed by atoms with Gasteiger partial charge in [-0.3, -0.25) is 4.79 Å². The van der Waals surface area contributed by atoms with Crippen molar-refractivity contribution in [3.05, 3.63) is 40.4 Å². The third-order valence-electron chi connectivity index (χ3n) is 3.66. The molecule has 0 saturated heterocycles. The van der Waals surface area contributed by atoms with Crippen molar-refractivity contribution >= 4 is 22.3 Å². The fraction of sp³-hybridized carbons (Fsp3) is 0.375. The van der Waals surface area contributed by atoms with Crippen LogP contribution >= 0.6 is 11.3 Å². The monoisotopic (exact) mass is 302 g/mol. The Kier molecular flexibility index (Phi) is 4.20. The van der Waals surface area contributed by atoms with E-state index in [4.69, 9.17) is 4.74 Å². The zero-order chi connectivity index (χ0) is 14.7. The van der Waals surface area contributed by atoms with Crippen LogP contribution in [0.2, 0.25) is 0 Å². The van der Waals surface area contributed by atoms with Gasteiger partial charge < -0.3 is 10.1 Å². The number of rotatable bonds is 5. The van der Waals surface area contributed by atoms with E-state index in [1.54, 1.807) is 42.7 Å². The molecule has 0 aliphatic heterocycles. The van der Waals surface area contributed by atoms with Gasteiger partial charge >= 0.3 is 0 Å². The van der Waals surface area contributed by atoms with Crippen LogP contribution in [0.3, 0.4) is 0 Å². The lowest BCUT2D eigenvalue weighted by Crippen LogP contribution is -2.13. The molecule has 4 nitrogen and oxygen atoms in total. The minimum absolute atomic E-state index is 0.0609. The molecule has 1 N–H and O–H groups in total. The molecule has 1 aromatic carbocycles. The summed E-state index contributed by atoms with van der Waals surface area (Å²) in [5, 5.41) is 4.02. The second kappa shape index (κ2) is 6.26. The average Bonchev–Trinajstić information content (AvgIpc) is 2.95. The fourth-order valence-corrected chi connectivity index (χ4v) is 3.51. The number of aryl methyl sites for hydroxylation is 2. The Balaban J connectivity index is 1.61. The van der Waals surface area contributed by atoms with Crippen LogP contribution < -0.4 is 10.1 Å². The molecule has 1 aliphatic carbocycles. The summed E-state index contributed by atoms with van der Waals surface area (Å²) in [6.07, 6.45) is 4.67. The molecule has 21 heavy (non-hydrogen) atoms. The number of thiazole rings is 1. The number of hydrogen-bond acceptors (Lipinski definition) is 5. The highest BCUT2D eigenvalue weighted by Gasteiger charge is 2.15. The molecule has 0 atom stereocenters. The highest BCUT2D eigenvalue weighted by Crippen LogP contribution is 2.29. The van der Waals surface area contributed by atoms with Crippen molar-refractivity contribution in [2.75, 3.05) is 19.0 Å². The van der Waals surface area contributed by atoms with Crippen molar-refractivity contribution in [1.82, 2.24) is 4.98 Å². The molecular formula is C16H18N2O2S. The third kappa shape index (κ3) is 3.24. The van der Waals surface area contributed by atoms with E-state index in [0.29, 0.717) is 5.56 Å². The van der Waals surface area contributed by atoms with Gasteiger partial charge in [0.05, 0.1) is 19.3 Å². The molecule has 110 valence electrons. The molecular weight excluding hydrogens is 284 g/mol. The maximum absolute atomic E-state index is 12.1. The zero-order valence-electron chi connectivity index (χ0n) is 12.0. The Labute approximate surface area is 128 Å². The van der Waals surface area contributed by atoms with E-state index < -0.39 is 0 Å². The zero-order valence-corrected chi connectivity index (χ0v) is 12.8. The number of carbonyl (C=O) groups is 1. The van der Waals surface area contributed by atoms with E-state index in [-0.39, 0.29) is 12.3 Å². The molecule has 0 spiro atoms. The maximum atomic E-state index is 12.1. The number of ether oxygens (including phenoxy) is 1. The molecule has 0 fully saturated rings. The lowest BCUT2D eigenvalue weighted by Gasteiger charge is -2.06. The Bertz CT molecular complexity index is 611. The molecule has 0 radical (unpaired) electrons. The number of nitrogens with zero attached hydrogens (tertiary/aromatic N) is 1. The van der Waals surface area contributed by atoms with Crippen LogP contribution in [0.5, 0.6) is 5.75 Å². The van der Waals surface area contributed by atoms with Gasteiger partial charge in [0.2, 0.25) is 0 Å². The van der Waals surface area contributed by atoms with Crippen LogP contribution in [-0.4, -0.2) is 24.4 Å². The number of fused-ring (bicyclic) bond motifs is 1. The number of nitrogens with one attached hydrogen (secondary N) is 1. The van der Waals surface area contributed by atoms with Crippen LogP contribution in [-0.2, 0) is 12.8 Å². The highest BCUT2D eigenvalue weighted by atomic mass is 32.1. The van der Waals surface area contributed by atoms with Gasteiger partial charge in [-0.2, -0.15) is 0 Å². The summed E-state index contributed by atoms with van der Waals surface area (Å²) in [4.78, 5) is 18.1. The van der Waals surface area contributed by atoms with Crippen molar-refractivity contribution in [2.45, 2.75) is 25.7 Å². The Morgan fingerprint density at radius 3 is 2.76 bits per heavy atom. The highest BCUT2D eigenvalue weighted by molar-refractivity contribution is 7.15. The number of benzene rings is 1. The summed E-state index contributed by atoms with van der Waals surface area (Å²) < 4.78 is 5.09. The summed E-state index contributed by atoms with van der Waals surface area (Å²) in [6, 6.07) is 7.18. The predicted molar refractivity (Wildman–Crippen MR) is 84.6 cm³/mol. The van der Waals surface area contributed by atoms with Crippen molar-refractivity contribution in [2.24, 2.45) is 0 Å². The van der Waals surface area contributed by atoms with Crippen molar-refractivity contribution in [3.63, 3.8) is 0 Å². The number of anilines is 1. The number of methoxy groups -OCH3 is 1. The predicted octanol–water partition coefficient (Wildman–Crippen LogP) is 3.33. The van der Waals surface area contributed by atoms with E-state index >= 15 is 0 Å². The first-order valence-corrected chi connectivity index (χ1v) is 7.97. The first-order valence-electron chi connectivity index (χ1n) is 7.16. The van der Waals surface area contributed by atoms with Crippen LogP contribution in [0.1, 0.15) is 33.8 Å². The Morgan fingerprint density at radius 2 is 2.05 bits per heavy atom. The van der Waals surface area contributed by atoms with E-state index in [9.17, 15) is 4.79 Å². The summed E-state index contributed by atoms with van der Waals surface area (Å²) in [7, 11) is 1.61. The first kappa shape index (κ1) is 14.1. The quantitative estimate of drug-likeness (QED) is 0.861. The molecule has 0 amide bonds. The van der Waals surface area contributed by atoms with Gasteiger partial charge in [-0.05, 0) is 49.9 Å². The van der Waals surface area contributed by atoms with Crippen molar-refractivity contribution in [1.29, 1.82) is 0 Å². The molecule has 0 bridgehead atoms. The molecule has 1 heterocycles. The van der Waals surface area contributed by atoms with E-state index in [1.165, 1.54) is 23.4 Å². The molecule has 2 aromatic rings. The van der Waals surface area contributed by atoms with Crippen LogP contribution in [0.15, 0.2) is 24.3 Å². The maximum Gasteiger partial charge on any atom is 0.183 e. The minimum atomic E-state index is 0.0609. The first-order chi connectivity index (χ1) is 10.3. The lowest BCUT2D eigenvalue weighted by atomic mass is 10.0. The lowest BCUT2D eigenvalue weighted by molar-refractivity contribution is 0.101. The van der Waals surface area contributed by atoms with Gasteiger partial charge in [0.15, 0.2) is 10.9 Å². The normalized spacial score (nSPS) is 13.6. The topological polar surface area (TPSA) is 51.2 Å². The van der Waals surface area contributed by atoms with Crippen molar-refractivity contribution in [3.8, 4) is 5.75 Å². The molecule has 1 aromatic heterocycles. The number of ketones is 1. The molecule has 3 rings (SSSR count). The minimum Gasteiger partial charge on any atom is -0.497 e. The molecule has 0 saturated carbocycles. The van der Waals surface area contributed by atoms with Gasteiger partial charge in [-0.25, -0.2) is 4.98 Å². The van der Waals surface area contributed by atoms with Crippen LogP contribution in [0.25, 0.3) is 0 Å². The summed E-state index contributed by atoms with van der Waals surface area (Å²) in [6.45, 7) is 0.277. The molecule has 1 aliphatic rings. The smallest absolute Gasteiger partial charge is 0.183 e. The third-order valence-corrected chi connectivity index (χ3v) is 4.77. The number of Topliss-reactive ketones (excluding diaryl/α,β-unsaturated/α-hetero) is 1. The average molecular weight is 302 g/mol. The standard InChI is InChI=1S/C16H18N2O2S/c1-20-12-8-6-11(7-9-12)14(19)10-17-16-18-13-4-2-3-5-15(13)21-16/h6-9H,2-5,10H2,1H3,(H,17,18). The van der Waals surface area contributed by atoms with Crippen LogP contribution in [0.4, 0.5) is 5.13 Å². The molecule has 5 heteroatoms. The van der Waals surface area contributed by atoms with Gasteiger partial charge in [0.25, 0.3) is 0 Å². The van der Waals surface area contributed by atoms with Gasteiger partial charge in [-0.15, -0.1) is 11.3 Å². The fourth-order valence-electron chi connectivity index (χ4n) is 2.46. The second-order valence-electron chi connectivity index (χ2n) is 5.10. The summed E-state index contributed by atoms with van der Waals surface area (Å²) in [5.41, 5.74) is 1.90.